The second-order valence-corrected chi connectivity index (χ2v) is 5.23. The Morgan fingerprint density at radius 3 is 2.62 bits per heavy atom. The monoisotopic (exact) mass is 325 g/mol. The second kappa shape index (κ2) is 5.90. The maximum absolute atomic E-state index is 12.1. The lowest BCUT2D eigenvalue weighted by Gasteiger charge is -2.06. The number of benzene rings is 1. The van der Waals surface area contributed by atoms with Gasteiger partial charge in [-0.15, -0.1) is 11.3 Å². The van der Waals surface area contributed by atoms with Crippen LogP contribution in [0.5, 0.6) is 0 Å². The van der Waals surface area contributed by atoms with Gasteiger partial charge in [0.1, 0.15) is 5.00 Å². The Bertz CT molecular complexity index is 744. The Kier molecular flexibility index (Phi) is 4.20. The number of nitrogens with zero attached hydrogens (tertiary/aromatic N) is 1. The van der Waals surface area contributed by atoms with Crippen molar-refractivity contribution in [2.24, 2.45) is 5.73 Å². The summed E-state index contributed by atoms with van der Waals surface area (Å²) in [5, 5.41) is 15.1. The molecule has 3 N–H and O–H groups in total. The molecule has 2 rings (SSSR count). The first kappa shape index (κ1) is 14.9. The molecule has 0 aliphatic rings. The number of nitrogens with two attached hydrogens (primary N) is 1. The van der Waals surface area contributed by atoms with Crippen molar-refractivity contribution >= 4 is 45.4 Å². The Morgan fingerprint density at radius 1 is 1.29 bits per heavy atom. The zero-order valence-electron chi connectivity index (χ0n) is 10.3. The molecule has 21 heavy (non-hydrogen) atoms. The molecule has 0 unspecified atom stereocenters. The summed E-state index contributed by atoms with van der Waals surface area (Å²) in [4.78, 5) is 33.4. The van der Waals surface area contributed by atoms with Crippen molar-refractivity contribution in [3.8, 4) is 0 Å². The van der Waals surface area contributed by atoms with E-state index in [0.717, 1.165) is 17.4 Å². The fraction of sp³-hybridized carbons (Fsp3) is 0. The summed E-state index contributed by atoms with van der Waals surface area (Å²) in [7, 11) is 0. The largest absolute Gasteiger partial charge is 0.366 e. The maximum Gasteiger partial charge on any atom is 0.270 e. The molecule has 9 heteroatoms. The molecule has 0 spiro atoms. The molecular formula is C12H8ClN3O4S. The Morgan fingerprint density at radius 2 is 2.00 bits per heavy atom. The van der Waals surface area contributed by atoms with Crippen LogP contribution in [0.2, 0.25) is 5.02 Å². The van der Waals surface area contributed by atoms with E-state index in [1.54, 1.807) is 5.38 Å². The number of thiophene rings is 1. The van der Waals surface area contributed by atoms with Crippen LogP contribution >= 0.6 is 22.9 Å². The number of non-ortho nitro benzene ring substituents is 1. The molecule has 0 aliphatic heterocycles. The Labute approximate surface area is 127 Å². The first-order valence-electron chi connectivity index (χ1n) is 5.52. The number of amides is 2. The van der Waals surface area contributed by atoms with Crippen LogP contribution < -0.4 is 11.1 Å². The van der Waals surface area contributed by atoms with Gasteiger partial charge >= 0.3 is 0 Å². The molecule has 0 radical (unpaired) electrons. The van der Waals surface area contributed by atoms with Crippen LogP contribution in [0, 0.1) is 10.1 Å². The van der Waals surface area contributed by atoms with Crippen molar-refractivity contribution in [2.75, 3.05) is 5.32 Å². The first-order chi connectivity index (χ1) is 9.90. The summed E-state index contributed by atoms with van der Waals surface area (Å²) in [5.41, 5.74) is 5.01. The van der Waals surface area contributed by atoms with Crippen molar-refractivity contribution in [2.45, 2.75) is 0 Å². The van der Waals surface area contributed by atoms with Crippen LogP contribution in [-0.2, 0) is 0 Å². The molecule has 1 aromatic heterocycles. The Balaban J connectivity index is 2.32. The molecule has 0 bridgehead atoms. The van der Waals surface area contributed by atoms with Crippen LogP contribution in [-0.4, -0.2) is 16.7 Å². The number of hydrogen-bond donors (Lipinski definition) is 2. The number of rotatable bonds is 4. The molecule has 0 saturated heterocycles. The summed E-state index contributed by atoms with van der Waals surface area (Å²) in [6.07, 6.45) is 0. The summed E-state index contributed by atoms with van der Waals surface area (Å²) < 4.78 is 0. The SMILES string of the molecule is NC(=O)c1ccsc1NC(=O)c1cc([N+](=O)[O-])ccc1Cl. The number of nitrogens with one attached hydrogen (secondary N) is 1. The zero-order chi connectivity index (χ0) is 15.6. The lowest BCUT2D eigenvalue weighted by atomic mass is 10.2. The summed E-state index contributed by atoms with van der Waals surface area (Å²) in [5.74, 6) is -1.34. The van der Waals surface area contributed by atoms with E-state index in [1.807, 2.05) is 0 Å². The van der Waals surface area contributed by atoms with E-state index in [0.29, 0.717) is 0 Å². The van der Waals surface area contributed by atoms with Crippen molar-refractivity contribution in [1.29, 1.82) is 0 Å². The van der Waals surface area contributed by atoms with Crippen molar-refractivity contribution in [3.05, 3.63) is 55.9 Å². The van der Waals surface area contributed by atoms with E-state index in [2.05, 4.69) is 5.32 Å². The molecular weight excluding hydrogens is 318 g/mol. The van der Waals surface area contributed by atoms with Gasteiger partial charge in [-0.2, -0.15) is 0 Å². The summed E-state index contributed by atoms with van der Waals surface area (Å²) in [6, 6.07) is 4.99. The van der Waals surface area contributed by atoms with E-state index < -0.39 is 16.7 Å². The topological polar surface area (TPSA) is 115 Å². The van der Waals surface area contributed by atoms with Gasteiger partial charge in [-0.1, -0.05) is 11.6 Å². The minimum atomic E-state index is -0.684. The number of anilines is 1. The van der Waals surface area contributed by atoms with E-state index in [9.17, 15) is 19.7 Å². The highest BCUT2D eigenvalue weighted by Crippen LogP contribution is 2.26. The molecule has 2 aromatic rings. The van der Waals surface area contributed by atoms with Crippen molar-refractivity contribution in [1.82, 2.24) is 0 Å². The minimum absolute atomic E-state index is 0.0605. The highest BCUT2D eigenvalue weighted by atomic mass is 35.5. The van der Waals surface area contributed by atoms with Crippen LogP contribution in [0.3, 0.4) is 0 Å². The quantitative estimate of drug-likeness (QED) is 0.664. The fourth-order valence-electron chi connectivity index (χ4n) is 1.57. The molecule has 0 fully saturated rings. The molecule has 0 atom stereocenters. The van der Waals surface area contributed by atoms with Gasteiger partial charge < -0.3 is 11.1 Å². The lowest BCUT2D eigenvalue weighted by molar-refractivity contribution is -0.384. The number of carbonyl (C=O) groups is 2. The van der Waals surface area contributed by atoms with Gasteiger partial charge in [0.2, 0.25) is 0 Å². The van der Waals surface area contributed by atoms with E-state index in [-0.39, 0.29) is 26.8 Å². The number of carbonyl (C=O) groups excluding carboxylic acids is 2. The molecule has 0 saturated carbocycles. The highest BCUT2D eigenvalue weighted by Gasteiger charge is 2.18. The van der Waals surface area contributed by atoms with E-state index >= 15 is 0 Å². The third kappa shape index (κ3) is 3.18. The van der Waals surface area contributed by atoms with Crippen molar-refractivity contribution < 1.29 is 14.5 Å². The lowest BCUT2D eigenvalue weighted by Crippen LogP contribution is -2.17. The number of primary amides is 1. The smallest absolute Gasteiger partial charge is 0.270 e. The highest BCUT2D eigenvalue weighted by molar-refractivity contribution is 7.14. The fourth-order valence-corrected chi connectivity index (χ4v) is 2.56. The van der Waals surface area contributed by atoms with Crippen LogP contribution in [0.15, 0.2) is 29.6 Å². The van der Waals surface area contributed by atoms with Gasteiger partial charge in [0.25, 0.3) is 17.5 Å². The molecule has 1 heterocycles. The van der Waals surface area contributed by atoms with Gasteiger partial charge in [-0.25, -0.2) is 0 Å². The van der Waals surface area contributed by atoms with Gasteiger partial charge in [0.15, 0.2) is 0 Å². The average Bonchev–Trinajstić information content (AvgIpc) is 2.87. The summed E-state index contributed by atoms with van der Waals surface area (Å²) >= 11 is 6.97. The predicted molar refractivity (Wildman–Crippen MR) is 78.9 cm³/mol. The van der Waals surface area contributed by atoms with Gasteiger partial charge in [0.05, 0.1) is 21.1 Å². The number of hydrogen-bond acceptors (Lipinski definition) is 5. The molecule has 108 valence electrons. The van der Waals surface area contributed by atoms with Crippen molar-refractivity contribution in [3.63, 3.8) is 0 Å². The third-order valence-electron chi connectivity index (χ3n) is 2.56. The predicted octanol–water partition coefficient (Wildman–Crippen LogP) is 2.66. The van der Waals surface area contributed by atoms with Crippen LogP contribution in [0.1, 0.15) is 20.7 Å². The molecule has 0 aliphatic carbocycles. The third-order valence-corrected chi connectivity index (χ3v) is 3.72. The second-order valence-electron chi connectivity index (χ2n) is 3.90. The zero-order valence-corrected chi connectivity index (χ0v) is 11.9. The molecule has 2 amide bonds. The van der Waals surface area contributed by atoms with Gasteiger partial charge in [-0.05, 0) is 17.5 Å². The van der Waals surface area contributed by atoms with E-state index in [4.69, 9.17) is 17.3 Å². The van der Waals surface area contributed by atoms with Crippen LogP contribution in [0.25, 0.3) is 0 Å². The number of nitro benzene ring substituents is 1. The van der Waals surface area contributed by atoms with Crippen LogP contribution in [0.4, 0.5) is 10.7 Å². The first-order valence-corrected chi connectivity index (χ1v) is 6.78. The van der Waals surface area contributed by atoms with Gasteiger partial charge in [-0.3, -0.25) is 19.7 Å². The standard InChI is InChI=1S/C12H8ClN3O4S/c13-9-2-1-6(16(19)20)5-8(9)11(18)15-12-7(10(14)17)3-4-21-12/h1-5H,(H2,14,17)(H,15,18). The average molecular weight is 326 g/mol. The molecule has 7 nitrogen and oxygen atoms in total. The molecule has 1 aromatic carbocycles. The Hall–Kier alpha value is -2.45. The normalized spacial score (nSPS) is 10.1. The minimum Gasteiger partial charge on any atom is -0.366 e. The van der Waals surface area contributed by atoms with Gasteiger partial charge in [0, 0.05) is 12.1 Å². The number of nitro groups is 1. The number of halogens is 1. The summed E-state index contributed by atoms with van der Waals surface area (Å²) in [6.45, 7) is 0. The van der Waals surface area contributed by atoms with E-state index in [1.165, 1.54) is 18.2 Å². The maximum atomic E-state index is 12.1.